The number of ether oxygens (including phenoxy) is 1. The number of thioether (sulfide) groups is 1. The SMILES string of the molecule is COc1cccc(NC(=O)CC2SC(=NC(=N)N)NC2=O)c1. The van der Waals surface area contributed by atoms with Crippen molar-refractivity contribution >= 4 is 40.4 Å². The number of hydrogen-bond donors (Lipinski definition) is 4. The second-order valence-electron chi connectivity index (χ2n) is 4.38. The summed E-state index contributed by atoms with van der Waals surface area (Å²) in [5, 5.41) is 11.9. The second-order valence-corrected chi connectivity index (χ2v) is 5.57. The molecule has 1 saturated heterocycles. The molecule has 9 heteroatoms. The van der Waals surface area contributed by atoms with E-state index >= 15 is 0 Å². The summed E-state index contributed by atoms with van der Waals surface area (Å²) in [6.07, 6.45) is -0.00929. The van der Waals surface area contributed by atoms with Crippen molar-refractivity contribution in [2.24, 2.45) is 10.7 Å². The molecule has 0 aromatic heterocycles. The number of amides is 2. The van der Waals surface area contributed by atoms with E-state index in [0.29, 0.717) is 11.4 Å². The standard InChI is InChI=1S/C13H15N5O3S/c1-21-8-4-2-3-7(5-8)16-10(19)6-9-11(20)17-13(22-9)18-12(14)15/h2-5,9H,6H2,1H3,(H,16,19)(H4,14,15,17,18,20). The van der Waals surface area contributed by atoms with Crippen molar-refractivity contribution in [3.05, 3.63) is 24.3 Å². The third kappa shape index (κ3) is 4.22. The number of carbonyl (C=O) groups excluding carboxylic acids is 2. The van der Waals surface area contributed by atoms with Gasteiger partial charge in [0.1, 0.15) is 11.0 Å². The second kappa shape index (κ2) is 6.94. The molecule has 1 aromatic rings. The van der Waals surface area contributed by atoms with E-state index < -0.39 is 11.2 Å². The molecule has 116 valence electrons. The van der Waals surface area contributed by atoms with Crippen molar-refractivity contribution in [1.29, 1.82) is 5.41 Å². The van der Waals surface area contributed by atoms with E-state index in [2.05, 4.69) is 15.6 Å². The van der Waals surface area contributed by atoms with Crippen molar-refractivity contribution in [1.82, 2.24) is 5.32 Å². The van der Waals surface area contributed by atoms with E-state index in [9.17, 15) is 9.59 Å². The Hall–Kier alpha value is -2.55. The number of aliphatic imine (C=N–C) groups is 1. The molecule has 0 bridgehead atoms. The van der Waals surface area contributed by atoms with Crippen LogP contribution in [0.5, 0.6) is 5.75 Å². The zero-order valence-corrected chi connectivity index (χ0v) is 12.6. The lowest BCUT2D eigenvalue weighted by Gasteiger charge is -2.08. The van der Waals surface area contributed by atoms with Crippen LogP contribution in [0.3, 0.4) is 0 Å². The molecule has 1 fully saturated rings. The number of nitrogens with zero attached hydrogens (tertiary/aromatic N) is 1. The first-order chi connectivity index (χ1) is 10.5. The highest BCUT2D eigenvalue weighted by Gasteiger charge is 2.32. The van der Waals surface area contributed by atoms with Crippen LogP contribution in [0.2, 0.25) is 0 Å². The Morgan fingerprint density at radius 2 is 2.36 bits per heavy atom. The van der Waals surface area contributed by atoms with Gasteiger partial charge < -0.3 is 21.1 Å². The molecular formula is C13H15N5O3S. The van der Waals surface area contributed by atoms with Crippen molar-refractivity contribution in [2.45, 2.75) is 11.7 Å². The number of guanidine groups is 1. The van der Waals surface area contributed by atoms with Crippen LogP contribution in [-0.2, 0) is 9.59 Å². The van der Waals surface area contributed by atoms with Gasteiger partial charge in [0.15, 0.2) is 5.17 Å². The van der Waals surface area contributed by atoms with E-state index in [4.69, 9.17) is 15.9 Å². The van der Waals surface area contributed by atoms with Crippen LogP contribution in [-0.4, -0.2) is 35.3 Å². The van der Waals surface area contributed by atoms with Gasteiger partial charge in [-0.15, -0.1) is 0 Å². The summed E-state index contributed by atoms with van der Waals surface area (Å²) >= 11 is 1.08. The molecule has 0 saturated carbocycles. The average molecular weight is 321 g/mol. The Bertz CT molecular complexity index is 646. The van der Waals surface area contributed by atoms with Gasteiger partial charge in [-0.05, 0) is 12.1 Å². The van der Waals surface area contributed by atoms with Gasteiger partial charge in [-0.2, -0.15) is 4.99 Å². The van der Waals surface area contributed by atoms with Crippen LogP contribution in [0.1, 0.15) is 6.42 Å². The van der Waals surface area contributed by atoms with Crippen LogP contribution >= 0.6 is 11.8 Å². The number of anilines is 1. The topological polar surface area (TPSA) is 130 Å². The van der Waals surface area contributed by atoms with Gasteiger partial charge in [-0.25, -0.2) is 0 Å². The fraction of sp³-hybridized carbons (Fsp3) is 0.231. The number of amidine groups is 1. The minimum Gasteiger partial charge on any atom is -0.497 e. The Balaban J connectivity index is 1.94. The van der Waals surface area contributed by atoms with E-state index in [-0.39, 0.29) is 23.4 Å². The predicted molar refractivity (Wildman–Crippen MR) is 85.1 cm³/mol. The first kappa shape index (κ1) is 15.8. The van der Waals surface area contributed by atoms with Crippen LogP contribution in [0, 0.1) is 5.41 Å². The summed E-state index contributed by atoms with van der Waals surface area (Å²) in [6.45, 7) is 0. The number of nitrogens with one attached hydrogen (secondary N) is 3. The predicted octanol–water partition coefficient (Wildman–Crippen LogP) is 0.505. The highest BCUT2D eigenvalue weighted by molar-refractivity contribution is 8.15. The molecule has 1 aliphatic rings. The van der Waals surface area contributed by atoms with Crippen LogP contribution in [0.25, 0.3) is 0 Å². The number of rotatable bonds is 4. The van der Waals surface area contributed by atoms with Crippen LogP contribution in [0.4, 0.5) is 5.69 Å². The molecule has 1 atom stereocenters. The van der Waals surface area contributed by atoms with Gasteiger partial charge in [0.2, 0.25) is 17.8 Å². The van der Waals surface area contributed by atoms with Crippen molar-refractivity contribution in [3.8, 4) is 5.75 Å². The normalized spacial score (nSPS) is 18.9. The molecule has 2 rings (SSSR count). The highest BCUT2D eigenvalue weighted by Crippen LogP contribution is 2.23. The van der Waals surface area contributed by atoms with Gasteiger partial charge in [-0.1, -0.05) is 17.8 Å². The molecular weight excluding hydrogens is 306 g/mol. The van der Waals surface area contributed by atoms with Crippen molar-refractivity contribution in [2.75, 3.05) is 12.4 Å². The maximum Gasteiger partial charge on any atom is 0.240 e. The third-order valence-electron chi connectivity index (χ3n) is 2.72. The van der Waals surface area contributed by atoms with E-state index in [1.807, 2.05) is 0 Å². The Morgan fingerprint density at radius 1 is 1.59 bits per heavy atom. The molecule has 2 amide bonds. The summed E-state index contributed by atoms with van der Waals surface area (Å²) < 4.78 is 5.07. The molecule has 8 nitrogen and oxygen atoms in total. The van der Waals surface area contributed by atoms with Gasteiger partial charge in [-0.3, -0.25) is 15.0 Å². The van der Waals surface area contributed by atoms with E-state index in [1.54, 1.807) is 24.3 Å². The van der Waals surface area contributed by atoms with E-state index in [1.165, 1.54) is 7.11 Å². The zero-order chi connectivity index (χ0) is 16.1. The summed E-state index contributed by atoms with van der Waals surface area (Å²) in [4.78, 5) is 27.4. The molecule has 1 aliphatic heterocycles. The van der Waals surface area contributed by atoms with E-state index in [0.717, 1.165) is 11.8 Å². The lowest BCUT2D eigenvalue weighted by molar-refractivity contribution is -0.122. The molecule has 0 aliphatic carbocycles. The Labute approximate surface area is 131 Å². The summed E-state index contributed by atoms with van der Waals surface area (Å²) in [5.74, 6) is -0.401. The molecule has 22 heavy (non-hydrogen) atoms. The van der Waals surface area contributed by atoms with Gasteiger partial charge in [0.05, 0.1) is 7.11 Å². The van der Waals surface area contributed by atoms with Crippen LogP contribution < -0.4 is 21.1 Å². The molecule has 0 spiro atoms. The van der Waals surface area contributed by atoms with Gasteiger partial charge in [0, 0.05) is 18.2 Å². The Morgan fingerprint density at radius 3 is 3.05 bits per heavy atom. The quantitative estimate of drug-likeness (QED) is 0.474. The monoisotopic (exact) mass is 321 g/mol. The lowest BCUT2D eigenvalue weighted by atomic mass is 10.2. The minimum absolute atomic E-state index is 0.00929. The first-order valence-electron chi connectivity index (χ1n) is 6.32. The number of carbonyl (C=O) groups is 2. The number of benzene rings is 1. The Kier molecular flexibility index (Phi) is 4.99. The fourth-order valence-corrected chi connectivity index (χ4v) is 2.76. The number of methoxy groups -OCH3 is 1. The van der Waals surface area contributed by atoms with Crippen molar-refractivity contribution in [3.63, 3.8) is 0 Å². The molecule has 1 heterocycles. The summed E-state index contributed by atoms with van der Waals surface area (Å²) in [6, 6.07) is 6.93. The lowest BCUT2D eigenvalue weighted by Crippen LogP contribution is -2.28. The molecule has 5 N–H and O–H groups in total. The largest absolute Gasteiger partial charge is 0.497 e. The summed E-state index contributed by atoms with van der Waals surface area (Å²) in [5.41, 5.74) is 5.72. The molecule has 1 aromatic carbocycles. The maximum atomic E-state index is 12.0. The minimum atomic E-state index is -0.594. The first-order valence-corrected chi connectivity index (χ1v) is 7.20. The highest BCUT2D eigenvalue weighted by atomic mass is 32.2. The maximum absolute atomic E-state index is 12.0. The summed E-state index contributed by atoms with van der Waals surface area (Å²) in [7, 11) is 1.54. The third-order valence-corrected chi connectivity index (χ3v) is 3.80. The van der Waals surface area contributed by atoms with Crippen molar-refractivity contribution < 1.29 is 14.3 Å². The zero-order valence-electron chi connectivity index (χ0n) is 11.8. The number of nitrogens with two attached hydrogens (primary N) is 1. The molecule has 1 unspecified atom stereocenters. The number of hydrogen-bond acceptors (Lipinski definition) is 5. The smallest absolute Gasteiger partial charge is 0.240 e. The van der Waals surface area contributed by atoms with Gasteiger partial charge >= 0.3 is 0 Å². The average Bonchev–Trinajstić information content (AvgIpc) is 2.77. The van der Waals surface area contributed by atoms with Crippen LogP contribution in [0.15, 0.2) is 29.3 Å². The van der Waals surface area contributed by atoms with Gasteiger partial charge in [0.25, 0.3) is 0 Å². The molecule has 0 radical (unpaired) electrons. The fourth-order valence-electron chi connectivity index (χ4n) is 1.78.